The Bertz CT molecular complexity index is 420. The molecule has 2 rings (SSSR count). The maximum Gasteiger partial charge on any atom is 0.227 e. The average Bonchev–Trinajstić information content (AvgIpc) is 2.67. The standard InChI is InChI=1S/C11H10BrNO2/c12-8-4-7(5-9(13)6-8)11(14)10-2-1-3-15-10/h2,4-6H,1,3,13H2. The van der Waals surface area contributed by atoms with Crippen LogP contribution in [0.1, 0.15) is 16.8 Å². The number of halogens is 1. The number of ketones is 1. The van der Waals surface area contributed by atoms with Gasteiger partial charge in [-0.05, 0) is 24.3 Å². The summed E-state index contributed by atoms with van der Waals surface area (Å²) in [5.74, 6) is 0.313. The van der Waals surface area contributed by atoms with Gasteiger partial charge in [0.25, 0.3) is 0 Å². The van der Waals surface area contributed by atoms with Crippen LogP contribution in [0.15, 0.2) is 34.5 Å². The van der Waals surface area contributed by atoms with Crippen LogP contribution in [0.25, 0.3) is 0 Å². The van der Waals surface area contributed by atoms with Gasteiger partial charge in [0.1, 0.15) is 0 Å². The number of carbonyl (C=O) groups excluding carboxylic acids is 1. The monoisotopic (exact) mass is 267 g/mol. The van der Waals surface area contributed by atoms with Crippen molar-refractivity contribution in [1.82, 2.24) is 0 Å². The highest BCUT2D eigenvalue weighted by atomic mass is 79.9. The molecule has 0 bridgehead atoms. The van der Waals surface area contributed by atoms with Crippen LogP contribution in [-0.4, -0.2) is 12.4 Å². The van der Waals surface area contributed by atoms with Gasteiger partial charge in [-0.1, -0.05) is 15.9 Å². The molecule has 0 saturated heterocycles. The second-order valence-corrected chi connectivity index (χ2v) is 4.22. The summed E-state index contributed by atoms with van der Waals surface area (Å²) in [6.07, 6.45) is 2.60. The maximum atomic E-state index is 11.9. The first-order valence-corrected chi connectivity index (χ1v) is 5.40. The van der Waals surface area contributed by atoms with Crippen molar-refractivity contribution in [3.8, 4) is 0 Å². The molecule has 0 saturated carbocycles. The summed E-state index contributed by atoms with van der Waals surface area (Å²) in [6, 6.07) is 5.14. The molecule has 0 aromatic heterocycles. The Hall–Kier alpha value is -1.29. The number of hydrogen-bond acceptors (Lipinski definition) is 3. The molecule has 0 amide bonds. The molecule has 2 N–H and O–H groups in total. The molecule has 1 aliphatic rings. The van der Waals surface area contributed by atoms with Gasteiger partial charge in [0.15, 0.2) is 5.76 Å². The highest BCUT2D eigenvalue weighted by molar-refractivity contribution is 9.10. The number of nitrogens with two attached hydrogens (primary N) is 1. The van der Waals surface area contributed by atoms with Gasteiger partial charge < -0.3 is 10.5 Å². The number of nitrogen functional groups attached to an aromatic ring is 1. The van der Waals surface area contributed by atoms with Gasteiger partial charge in [-0.2, -0.15) is 0 Å². The number of allylic oxidation sites excluding steroid dienone is 1. The number of ether oxygens (including phenoxy) is 1. The molecule has 4 heteroatoms. The Morgan fingerprint density at radius 1 is 1.40 bits per heavy atom. The molecule has 0 unspecified atom stereocenters. The first kappa shape index (κ1) is 10.2. The molecule has 0 radical (unpaired) electrons. The van der Waals surface area contributed by atoms with Crippen molar-refractivity contribution >= 4 is 27.4 Å². The molecule has 78 valence electrons. The van der Waals surface area contributed by atoms with E-state index >= 15 is 0 Å². The van der Waals surface area contributed by atoms with Crippen LogP contribution in [-0.2, 0) is 4.74 Å². The first-order chi connectivity index (χ1) is 7.16. The van der Waals surface area contributed by atoms with Crippen molar-refractivity contribution in [3.63, 3.8) is 0 Å². The van der Waals surface area contributed by atoms with Crippen LogP contribution in [0.5, 0.6) is 0 Å². The number of anilines is 1. The number of carbonyl (C=O) groups is 1. The van der Waals surface area contributed by atoms with Gasteiger partial charge in [0.2, 0.25) is 5.78 Å². The molecular weight excluding hydrogens is 258 g/mol. The predicted octanol–water partition coefficient (Wildman–Crippen LogP) is 2.52. The Labute approximate surface area is 96.0 Å². The summed E-state index contributed by atoms with van der Waals surface area (Å²) in [5.41, 5.74) is 6.77. The zero-order valence-corrected chi connectivity index (χ0v) is 9.58. The van der Waals surface area contributed by atoms with Crippen molar-refractivity contribution in [1.29, 1.82) is 0 Å². The second kappa shape index (κ2) is 4.06. The molecule has 0 spiro atoms. The van der Waals surface area contributed by atoms with E-state index in [1.54, 1.807) is 24.3 Å². The van der Waals surface area contributed by atoms with Crippen molar-refractivity contribution < 1.29 is 9.53 Å². The van der Waals surface area contributed by atoms with Gasteiger partial charge in [-0.25, -0.2) is 0 Å². The zero-order valence-electron chi connectivity index (χ0n) is 8.00. The van der Waals surface area contributed by atoms with Gasteiger partial charge in [0, 0.05) is 22.1 Å². The van der Waals surface area contributed by atoms with Gasteiger partial charge in [-0.15, -0.1) is 0 Å². The third-order valence-corrected chi connectivity index (χ3v) is 2.57. The lowest BCUT2D eigenvalue weighted by atomic mass is 10.1. The fourth-order valence-electron chi connectivity index (χ4n) is 1.46. The smallest absolute Gasteiger partial charge is 0.227 e. The second-order valence-electron chi connectivity index (χ2n) is 3.31. The Morgan fingerprint density at radius 2 is 2.20 bits per heavy atom. The number of rotatable bonds is 2. The molecule has 3 nitrogen and oxygen atoms in total. The van der Waals surface area contributed by atoms with E-state index in [2.05, 4.69) is 15.9 Å². The van der Waals surface area contributed by atoms with Crippen LogP contribution >= 0.6 is 15.9 Å². The summed E-state index contributed by atoms with van der Waals surface area (Å²) in [4.78, 5) is 11.9. The summed E-state index contributed by atoms with van der Waals surface area (Å²) in [7, 11) is 0. The van der Waals surface area contributed by atoms with E-state index in [-0.39, 0.29) is 5.78 Å². The minimum absolute atomic E-state index is 0.111. The Morgan fingerprint density at radius 3 is 2.80 bits per heavy atom. The fraction of sp³-hybridized carbons (Fsp3) is 0.182. The van der Waals surface area contributed by atoms with Crippen molar-refractivity contribution in [3.05, 3.63) is 40.1 Å². The molecule has 1 aromatic carbocycles. The summed E-state index contributed by atoms with van der Waals surface area (Å²) >= 11 is 3.30. The largest absolute Gasteiger partial charge is 0.489 e. The minimum atomic E-state index is -0.111. The van der Waals surface area contributed by atoms with Crippen molar-refractivity contribution in [2.45, 2.75) is 6.42 Å². The molecule has 0 fully saturated rings. The molecule has 0 aliphatic carbocycles. The fourth-order valence-corrected chi connectivity index (χ4v) is 1.97. The number of benzene rings is 1. The normalized spacial score (nSPS) is 14.6. The zero-order chi connectivity index (χ0) is 10.8. The molecule has 0 atom stereocenters. The lowest BCUT2D eigenvalue weighted by molar-refractivity contribution is 0.0942. The first-order valence-electron chi connectivity index (χ1n) is 4.60. The topological polar surface area (TPSA) is 52.3 Å². The third kappa shape index (κ3) is 2.21. The third-order valence-electron chi connectivity index (χ3n) is 2.11. The molecule has 15 heavy (non-hydrogen) atoms. The highest BCUT2D eigenvalue weighted by Gasteiger charge is 2.17. The van der Waals surface area contributed by atoms with E-state index < -0.39 is 0 Å². The lowest BCUT2D eigenvalue weighted by Gasteiger charge is -2.04. The SMILES string of the molecule is Nc1cc(Br)cc(C(=O)C2=CCCO2)c1. The Kier molecular flexibility index (Phi) is 2.77. The van der Waals surface area contributed by atoms with Crippen LogP contribution in [0, 0.1) is 0 Å². The molecule has 1 aromatic rings. The van der Waals surface area contributed by atoms with Gasteiger partial charge in [0.05, 0.1) is 6.61 Å². The number of Topliss-reactive ketones (excluding diaryl/α,β-unsaturated/α-hetero) is 1. The molecule has 1 aliphatic heterocycles. The van der Waals surface area contributed by atoms with Crippen LogP contribution in [0.2, 0.25) is 0 Å². The van der Waals surface area contributed by atoms with E-state index in [1.165, 1.54) is 0 Å². The summed E-state index contributed by atoms with van der Waals surface area (Å²) < 4.78 is 6.00. The Balaban J connectivity index is 2.32. The van der Waals surface area contributed by atoms with E-state index in [1.807, 2.05) is 0 Å². The van der Waals surface area contributed by atoms with E-state index in [4.69, 9.17) is 10.5 Å². The van der Waals surface area contributed by atoms with Crippen LogP contribution in [0.3, 0.4) is 0 Å². The van der Waals surface area contributed by atoms with E-state index in [0.717, 1.165) is 10.9 Å². The van der Waals surface area contributed by atoms with Crippen LogP contribution in [0.4, 0.5) is 5.69 Å². The highest BCUT2D eigenvalue weighted by Crippen LogP contribution is 2.21. The summed E-state index contributed by atoms with van der Waals surface area (Å²) in [6.45, 7) is 0.588. The number of hydrogen-bond donors (Lipinski definition) is 1. The maximum absolute atomic E-state index is 11.9. The minimum Gasteiger partial charge on any atom is -0.489 e. The lowest BCUT2D eigenvalue weighted by Crippen LogP contribution is -2.04. The summed E-state index contributed by atoms with van der Waals surface area (Å²) in [5, 5.41) is 0. The quantitative estimate of drug-likeness (QED) is 0.662. The van der Waals surface area contributed by atoms with Gasteiger partial charge in [-0.3, -0.25) is 4.79 Å². The molecular formula is C11H10BrNO2. The van der Waals surface area contributed by atoms with Crippen molar-refractivity contribution in [2.24, 2.45) is 0 Å². The van der Waals surface area contributed by atoms with Crippen molar-refractivity contribution in [2.75, 3.05) is 12.3 Å². The van der Waals surface area contributed by atoms with E-state index in [0.29, 0.717) is 23.6 Å². The molecule has 1 heterocycles. The average molecular weight is 268 g/mol. The van der Waals surface area contributed by atoms with Gasteiger partial charge >= 0.3 is 0 Å². The van der Waals surface area contributed by atoms with Crippen LogP contribution < -0.4 is 5.73 Å². The van der Waals surface area contributed by atoms with E-state index in [9.17, 15) is 4.79 Å². The predicted molar refractivity (Wildman–Crippen MR) is 61.5 cm³/mol.